The molecule has 0 aromatic heterocycles. The number of nitrogens with one attached hydrogen (secondary N) is 1. The van der Waals surface area contributed by atoms with Gasteiger partial charge in [-0.25, -0.2) is 0 Å². The van der Waals surface area contributed by atoms with Crippen LogP contribution < -0.4 is 19.5 Å². The molecule has 3 rings (SSSR count). The first-order chi connectivity index (χ1) is 13.6. The summed E-state index contributed by atoms with van der Waals surface area (Å²) in [5.41, 5.74) is 0.405. The number of carbonyl (C=O) groups excluding carboxylic acids is 2. The average molecular weight is 393 g/mol. The van der Waals surface area contributed by atoms with E-state index < -0.39 is 0 Å². The largest absolute Gasteiger partial charge is 0.493 e. The maximum absolute atomic E-state index is 13.0. The van der Waals surface area contributed by atoms with E-state index in [0.717, 1.165) is 0 Å². The highest BCUT2D eigenvalue weighted by molar-refractivity contribution is 5.98. The van der Waals surface area contributed by atoms with E-state index in [1.54, 1.807) is 21.9 Å². The number of piperazine rings is 1. The van der Waals surface area contributed by atoms with Gasteiger partial charge in [0, 0.05) is 32.7 Å². The van der Waals surface area contributed by atoms with Gasteiger partial charge >= 0.3 is 0 Å². The van der Waals surface area contributed by atoms with E-state index in [-0.39, 0.29) is 17.9 Å². The van der Waals surface area contributed by atoms with Gasteiger partial charge in [0.15, 0.2) is 11.5 Å². The van der Waals surface area contributed by atoms with E-state index in [2.05, 4.69) is 5.32 Å². The van der Waals surface area contributed by atoms with Gasteiger partial charge < -0.3 is 34.1 Å². The molecule has 0 aliphatic carbocycles. The highest BCUT2D eigenvalue weighted by Gasteiger charge is 2.31. The van der Waals surface area contributed by atoms with Gasteiger partial charge in [-0.3, -0.25) is 9.59 Å². The molecule has 9 heteroatoms. The number of amides is 2. The van der Waals surface area contributed by atoms with Crippen molar-refractivity contribution < 1.29 is 28.5 Å². The molecule has 0 bridgehead atoms. The number of methoxy groups -OCH3 is 3. The molecule has 1 N–H and O–H groups in total. The van der Waals surface area contributed by atoms with Crippen LogP contribution in [0.25, 0.3) is 0 Å². The molecule has 2 aliphatic rings. The van der Waals surface area contributed by atoms with Crippen LogP contribution in [0.15, 0.2) is 12.1 Å². The third-order valence-electron chi connectivity index (χ3n) is 5.03. The fourth-order valence-corrected chi connectivity index (χ4v) is 3.51. The summed E-state index contributed by atoms with van der Waals surface area (Å²) in [5.74, 6) is 1.08. The normalized spacial score (nSPS) is 19.9. The zero-order valence-corrected chi connectivity index (χ0v) is 16.5. The Labute approximate surface area is 164 Å². The average Bonchev–Trinajstić information content (AvgIpc) is 2.77. The van der Waals surface area contributed by atoms with E-state index in [4.69, 9.17) is 18.9 Å². The number of hydrogen-bond donors (Lipinski definition) is 1. The summed E-state index contributed by atoms with van der Waals surface area (Å²) in [5, 5.41) is 3.18. The molecule has 0 spiro atoms. The van der Waals surface area contributed by atoms with E-state index >= 15 is 0 Å². The van der Waals surface area contributed by atoms with Crippen molar-refractivity contribution in [2.75, 3.05) is 67.3 Å². The Kier molecular flexibility index (Phi) is 6.58. The molecule has 28 heavy (non-hydrogen) atoms. The van der Waals surface area contributed by atoms with E-state index in [1.807, 2.05) is 0 Å². The lowest BCUT2D eigenvalue weighted by molar-refractivity contribution is -0.137. The van der Waals surface area contributed by atoms with Crippen molar-refractivity contribution >= 4 is 11.8 Å². The number of benzene rings is 1. The van der Waals surface area contributed by atoms with Crippen molar-refractivity contribution in [3.05, 3.63) is 17.7 Å². The zero-order chi connectivity index (χ0) is 20.1. The first-order valence-corrected chi connectivity index (χ1v) is 9.28. The van der Waals surface area contributed by atoms with Crippen LogP contribution in [-0.2, 0) is 9.53 Å². The van der Waals surface area contributed by atoms with Crippen LogP contribution in [0.3, 0.4) is 0 Å². The second-order valence-corrected chi connectivity index (χ2v) is 6.58. The van der Waals surface area contributed by atoms with E-state index in [9.17, 15) is 9.59 Å². The van der Waals surface area contributed by atoms with Crippen LogP contribution in [0.4, 0.5) is 0 Å². The Morgan fingerprint density at radius 2 is 1.68 bits per heavy atom. The molecular weight excluding hydrogens is 366 g/mol. The first-order valence-electron chi connectivity index (χ1n) is 9.28. The van der Waals surface area contributed by atoms with Gasteiger partial charge in [0.2, 0.25) is 11.7 Å². The molecule has 9 nitrogen and oxygen atoms in total. The molecular formula is C19H27N3O6. The number of rotatable bonds is 5. The lowest BCUT2D eigenvalue weighted by Crippen LogP contribution is -2.57. The number of hydrogen-bond acceptors (Lipinski definition) is 7. The molecule has 1 aromatic rings. The van der Waals surface area contributed by atoms with Crippen molar-refractivity contribution in [2.24, 2.45) is 0 Å². The third-order valence-corrected chi connectivity index (χ3v) is 5.03. The van der Waals surface area contributed by atoms with Gasteiger partial charge in [-0.1, -0.05) is 0 Å². The molecule has 154 valence electrons. The van der Waals surface area contributed by atoms with Crippen LogP contribution in [-0.4, -0.2) is 94.9 Å². The summed E-state index contributed by atoms with van der Waals surface area (Å²) >= 11 is 0. The number of ether oxygens (including phenoxy) is 4. The Balaban J connectivity index is 1.67. The summed E-state index contributed by atoms with van der Waals surface area (Å²) in [6.07, 6.45) is 0. The van der Waals surface area contributed by atoms with Crippen LogP contribution in [0.2, 0.25) is 0 Å². The highest BCUT2D eigenvalue weighted by Crippen LogP contribution is 2.40. The summed E-state index contributed by atoms with van der Waals surface area (Å²) in [7, 11) is 4.52. The Morgan fingerprint density at radius 1 is 1.00 bits per heavy atom. The smallest absolute Gasteiger partial charge is 0.257 e. The van der Waals surface area contributed by atoms with Crippen LogP contribution in [0, 0.1) is 0 Å². The van der Waals surface area contributed by atoms with Crippen LogP contribution in [0.5, 0.6) is 17.2 Å². The van der Waals surface area contributed by atoms with Gasteiger partial charge in [0.1, 0.15) is 6.04 Å². The Bertz CT molecular complexity index is 712. The second kappa shape index (κ2) is 9.11. The minimum Gasteiger partial charge on any atom is -0.493 e. The second-order valence-electron chi connectivity index (χ2n) is 6.58. The fraction of sp³-hybridized carbons (Fsp3) is 0.579. The summed E-state index contributed by atoms with van der Waals surface area (Å²) in [4.78, 5) is 29.1. The van der Waals surface area contributed by atoms with E-state index in [1.165, 1.54) is 21.3 Å². The summed E-state index contributed by atoms with van der Waals surface area (Å²) in [6.45, 7) is 3.57. The highest BCUT2D eigenvalue weighted by atomic mass is 16.5. The molecule has 2 aliphatic heterocycles. The molecule has 2 fully saturated rings. The van der Waals surface area contributed by atoms with Crippen molar-refractivity contribution in [2.45, 2.75) is 6.04 Å². The SMILES string of the molecule is COc1ccc(C(=O)N2CCN(C(=O)C3COCCN3)CC2)c(OC)c1OC. The molecule has 2 heterocycles. The van der Waals surface area contributed by atoms with Gasteiger partial charge in [-0.2, -0.15) is 0 Å². The molecule has 2 saturated heterocycles. The summed E-state index contributed by atoms with van der Waals surface area (Å²) in [6, 6.07) is 3.05. The van der Waals surface area contributed by atoms with Crippen molar-refractivity contribution in [3.63, 3.8) is 0 Å². The number of carbonyl (C=O) groups is 2. The lowest BCUT2D eigenvalue weighted by atomic mass is 10.1. The minimum atomic E-state index is -0.304. The van der Waals surface area contributed by atoms with Crippen LogP contribution >= 0.6 is 0 Å². The molecule has 0 radical (unpaired) electrons. The third kappa shape index (κ3) is 4.00. The fourth-order valence-electron chi connectivity index (χ4n) is 3.51. The van der Waals surface area contributed by atoms with Gasteiger partial charge in [0.05, 0.1) is 40.1 Å². The van der Waals surface area contributed by atoms with Gasteiger partial charge in [0.25, 0.3) is 5.91 Å². The predicted molar refractivity (Wildman–Crippen MR) is 101 cm³/mol. The monoisotopic (exact) mass is 393 g/mol. The Morgan fingerprint density at radius 3 is 2.25 bits per heavy atom. The molecule has 1 atom stereocenters. The Hall–Kier alpha value is -2.52. The zero-order valence-electron chi connectivity index (χ0n) is 16.5. The summed E-state index contributed by atoms with van der Waals surface area (Å²) < 4.78 is 21.4. The quantitative estimate of drug-likeness (QED) is 0.752. The predicted octanol–water partition coefficient (Wildman–Crippen LogP) is -0.0148. The van der Waals surface area contributed by atoms with Crippen LogP contribution in [0.1, 0.15) is 10.4 Å². The number of morpholine rings is 1. The van der Waals surface area contributed by atoms with Gasteiger partial charge in [-0.15, -0.1) is 0 Å². The number of nitrogens with zero attached hydrogens (tertiary/aromatic N) is 2. The maximum atomic E-state index is 13.0. The van der Waals surface area contributed by atoms with Crippen molar-refractivity contribution in [3.8, 4) is 17.2 Å². The minimum absolute atomic E-state index is 0.0236. The standard InChI is InChI=1S/C19H27N3O6/c1-25-15-5-4-13(16(26-2)17(15)27-3)18(23)21-7-9-22(10-8-21)19(24)14-12-28-11-6-20-14/h4-5,14,20H,6-12H2,1-3H3. The first kappa shape index (κ1) is 20.2. The topological polar surface area (TPSA) is 89.6 Å². The molecule has 0 saturated carbocycles. The molecule has 1 unspecified atom stereocenters. The van der Waals surface area contributed by atoms with Crippen molar-refractivity contribution in [1.29, 1.82) is 0 Å². The lowest BCUT2D eigenvalue weighted by Gasteiger charge is -2.37. The van der Waals surface area contributed by atoms with Gasteiger partial charge in [-0.05, 0) is 12.1 Å². The van der Waals surface area contributed by atoms with E-state index in [0.29, 0.717) is 68.7 Å². The van der Waals surface area contributed by atoms with Crippen molar-refractivity contribution in [1.82, 2.24) is 15.1 Å². The molecule has 2 amide bonds. The molecule has 1 aromatic carbocycles. The maximum Gasteiger partial charge on any atom is 0.257 e.